The number of rotatable bonds is 23. The van der Waals surface area contributed by atoms with Crippen LogP contribution >= 0.6 is 7.26 Å². The van der Waals surface area contributed by atoms with E-state index in [-0.39, 0.29) is 24.3 Å². The number of fused-ring (bicyclic) bond motifs is 8. The second-order valence-corrected chi connectivity index (χ2v) is 27.4. The zero-order chi connectivity index (χ0) is 62.8. The Balaban J connectivity index is 0.963. The fourth-order valence-electron chi connectivity index (χ4n) is 12.8. The van der Waals surface area contributed by atoms with Crippen molar-refractivity contribution >= 4 is 86.2 Å². The molecule has 3 aliphatic rings. The number of H-pyrrole nitrogens is 2. The molecule has 0 unspecified atom stereocenters. The molecule has 7 atom stereocenters. The first kappa shape index (κ1) is 64.6. The number of nitrogens with one attached hydrogen (secondary N) is 2. The summed E-state index contributed by atoms with van der Waals surface area (Å²) >= 11 is 0. The van der Waals surface area contributed by atoms with E-state index in [1.54, 1.807) is 0 Å². The van der Waals surface area contributed by atoms with Gasteiger partial charge in [0, 0.05) is 72.6 Å². The first-order valence-electron chi connectivity index (χ1n) is 30.6. The Kier molecular flexibility index (Phi) is 21.3. The van der Waals surface area contributed by atoms with Crippen molar-refractivity contribution in [1.82, 2.24) is 24.8 Å². The summed E-state index contributed by atoms with van der Waals surface area (Å²) in [5, 5.41) is 4.15. The Labute approximate surface area is 516 Å². The van der Waals surface area contributed by atoms with Gasteiger partial charge in [0.05, 0.1) is 18.0 Å². The maximum atomic E-state index is 14.1. The van der Waals surface area contributed by atoms with E-state index in [4.69, 9.17) is 43.1 Å². The Morgan fingerprint density at radius 1 is 0.648 bits per heavy atom. The summed E-state index contributed by atoms with van der Waals surface area (Å²) in [6.45, 7) is 18.5. The molecule has 3 aromatic carbocycles. The van der Waals surface area contributed by atoms with E-state index in [1.165, 1.54) is 43.6 Å². The topological polar surface area (TPSA) is 211 Å². The number of carbonyl (C=O) groups excluding carboxylic acids is 5. The van der Waals surface area contributed by atoms with Crippen LogP contribution in [0.5, 0.6) is 0 Å². The molecule has 17 nitrogen and oxygen atoms in total. The number of benzene rings is 3. The van der Waals surface area contributed by atoms with Crippen molar-refractivity contribution in [1.29, 1.82) is 0 Å². The minimum atomic E-state index is -2.36. The number of amides is 1. The Morgan fingerprint density at radius 2 is 1.22 bits per heavy atom. The molecule has 1 fully saturated rings. The molecule has 88 heavy (non-hydrogen) atoms. The summed E-state index contributed by atoms with van der Waals surface area (Å²) < 4.78 is 41.7. The molecular weight excluding hydrogens is 1130 g/mol. The molecule has 466 valence electrons. The molecule has 9 rings (SSSR count). The van der Waals surface area contributed by atoms with E-state index >= 15 is 0 Å². The average molecular weight is 1220 g/mol. The van der Waals surface area contributed by atoms with Crippen molar-refractivity contribution in [3.05, 3.63) is 160 Å². The summed E-state index contributed by atoms with van der Waals surface area (Å²) in [6.07, 6.45) is -2.52. The fraction of sp³-hybridized carbons (Fsp3) is 0.414. The third-order valence-corrected chi connectivity index (χ3v) is 22.5. The quantitative estimate of drug-likeness (QED) is 0.0265. The predicted molar refractivity (Wildman–Crippen MR) is 344 cm³/mol. The van der Waals surface area contributed by atoms with Gasteiger partial charge in [-0.2, -0.15) is 0 Å². The number of esters is 4. The molecule has 0 saturated carbocycles. The summed E-state index contributed by atoms with van der Waals surface area (Å²) in [6, 6.07) is 41.1. The molecule has 1 saturated heterocycles. The predicted octanol–water partition coefficient (Wildman–Crippen LogP) is 10.8. The molecule has 0 spiro atoms. The van der Waals surface area contributed by atoms with Crippen molar-refractivity contribution in [3.63, 3.8) is 0 Å². The zero-order valence-electron chi connectivity index (χ0n) is 52.5. The van der Waals surface area contributed by atoms with E-state index in [0.717, 1.165) is 86.2 Å². The van der Waals surface area contributed by atoms with E-state index in [0.29, 0.717) is 50.1 Å². The number of hydrogen-bond donors (Lipinski definition) is 2. The molecule has 8 bridgehead atoms. The van der Waals surface area contributed by atoms with Gasteiger partial charge in [-0.25, -0.2) is 4.98 Å². The Morgan fingerprint density at radius 3 is 1.82 bits per heavy atom. The molecular formula is C70H84N5O12P. The standard InChI is InChI=1S/C70H84N5O12P/c1-12-54-43(3)60-39-63-56(40-83-70-69(86-50(10)79)68(85-49(9)78)67(84-48(8)77)64(87-70)41-82-47(7)76)45(5)59(73-63)38-61-44(4)55(66(74-61)46(6)58-36-42(2)57(71-58)37-62(54)72-60)30-31-65(80)75(11)32-22-33-81-34-23-35-88(51-24-16-13-17-25-51,52-26-18-14-19-27-52)53-28-20-15-21-29-53/h13-21,24-29,36-39,44,55,64,67-71,73,88H,12,22-23,30-35,40-41H2,1-11H3/t44-,55-,64+,67+,68-,69+,70+/m0/s1. The van der Waals surface area contributed by atoms with Crippen LogP contribution in [0.4, 0.5) is 0 Å². The van der Waals surface area contributed by atoms with Gasteiger partial charge in [-0.15, -0.1) is 0 Å². The van der Waals surface area contributed by atoms with Crippen LogP contribution in [-0.4, -0.2) is 125 Å². The van der Waals surface area contributed by atoms with Gasteiger partial charge in [-0.3, -0.25) is 24.2 Å². The number of aryl methyl sites for hydroxylation is 3. The van der Waals surface area contributed by atoms with Gasteiger partial charge in [-0.1, -0.05) is 13.8 Å². The van der Waals surface area contributed by atoms with Gasteiger partial charge in [0.1, 0.15) is 12.7 Å². The second kappa shape index (κ2) is 29.0. The van der Waals surface area contributed by atoms with E-state index in [9.17, 15) is 24.0 Å². The van der Waals surface area contributed by atoms with Crippen LogP contribution in [0.3, 0.4) is 0 Å². The number of aromatic nitrogens is 4. The molecule has 0 aliphatic carbocycles. The molecule has 6 heterocycles. The second-order valence-electron chi connectivity index (χ2n) is 23.4. The number of nitrogens with zero attached hydrogens (tertiary/aromatic N) is 3. The van der Waals surface area contributed by atoms with Gasteiger partial charge >= 0.3 is 223 Å². The molecule has 6 aromatic rings. The smallest absolute Gasteiger partial charge is 0.303 e. The normalized spacial score (nSPS) is 19.4. The molecule has 2 N–H and O–H groups in total. The molecule has 1 amide bonds. The first-order valence-corrected chi connectivity index (χ1v) is 32.8. The van der Waals surface area contributed by atoms with Crippen molar-refractivity contribution < 1.29 is 57.1 Å². The molecule has 3 aliphatic heterocycles. The average Bonchev–Trinajstić information content (AvgIpc) is 1.39. The third kappa shape index (κ3) is 14.7. The summed E-state index contributed by atoms with van der Waals surface area (Å²) in [5.74, 6) is -2.99. The number of ether oxygens (including phenoxy) is 7. The summed E-state index contributed by atoms with van der Waals surface area (Å²) in [5.41, 5.74) is 12.3. The van der Waals surface area contributed by atoms with Crippen molar-refractivity contribution in [2.75, 3.05) is 39.6 Å². The van der Waals surface area contributed by atoms with Crippen LogP contribution < -0.4 is 15.9 Å². The summed E-state index contributed by atoms with van der Waals surface area (Å²) in [4.78, 5) is 83.9. The van der Waals surface area contributed by atoms with Crippen molar-refractivity contribution in [2.45, 2.75) is 150 Å². The Bertz CT molecular complexity index is 3600. The van der Waals surface area contributed by atoms with Crippen molar-refractivity contribution in [3.8, 4) is 0 Å². The van der Waals surface area contributed by atoms with E-state index in [1.807, 2.05) is 24.9 Å². The van der Waals surface area contributed by atoms with Crippen molar-refractivity contribution in [2.24, 2.45) is 0 Å². The first-order chi connectivity index (χ1) is 42.3. The van der Waals surface area contributed by atoms with Crippen LogP contribution in [0.15, 0.2) is 115 Å². The maximum absolute atomic E-state index is 14.1. The minimum Gasteiger partial charge on any atom is -0.463 e. The van der Waals surface area contributed by atoms with Crippen LogP contribution in [0.2, 0.25) is 0 Å². The molecule has 0 radical (unpaired) electrons. The number of allylic oxidation sites excluding steroid dienone is 2. The van der Waals surface area contributed by atoms with Gasteiger partial charge < -0.3 is 38.4 Å². The monoisotopic (exact) mass is 1220 g/mol. The Hall–Kier alpha value is -7.82. The SMILES string of the molecule is CCC1=C(C)c2cc3[nH]c(cc4nc(c(C)c5cc(C)c(cc1n2)[nH]5)[C@@H](CCC(=O)N(C)CCCOCCC[PH](c1ccccc1)(c1ccccc1)c1ccccc1)[C@@H]4C)c(C)c3CO[C@@H]1O[C@H](COC(C)=O)[C@@H](OC(C)=O)[C@H](OC(C)=O)[C@H]1OC(C)=O. The van der Waals surface area contributed by atoms with Crippen LogP contribution in [0.25, 0.3) is 33.2 Å². The van der Waals surface area contributed by atoms with E-state index < -0.39 is 68.5 Å². The van der Waals surface area contributed by atoms with Gasteiger partial charge in [0.2, 0.25) is 0 Å². The van der Waals surface area contributed by atoms with Gasteiger partial charge in [0.25, 0.3) is 0 Å². The van der Waals surface area contributed by atoms with Crippen LogP contribution in [0.1, 0.15) is 137 Å². The largest absolute Gasteiger partial charge is 0.463 e. The van der Waals surface area contributed by atoms with Crippen LogP contribution in [0, 0.1) is 20.8 Å². The van der Waals surface area contributed by atoms with E-state index in [2.05, 4.69) is 154 Å². The number of carbonyl (C=O) groups is 5. The summed E-state index contributed by atoms with van der Waals surface area (Å²) in [7, 11) is -0.489. The van der Waals surface area contributed by atoms with Crippen LogP contribution in [-0.2, 0) is 63.7 Å². The fourth-order valence-corrected chi connectivity index (χ4v) is 17.6. The number of aromatic amines is 2. The molecule has 18 heteroatoms. The van der Waals surface area contributed by atoms with Gasteiger partial charge in [-0.05, 0) is 86.2 Å². The zero-order valence-corrected chi connectivity index (χ0v) is 53.5. The third-order valence-electron chi connectivity index (χ3n) is 17.4. The molecule has 3 aromatic heterocycles. The number of hydrogen-bond acceptors (Lipinski definition) is 14. The minimum absolute atomic E-state index is 0.0575. The maximum Gasteiger partial charge on any atom is 0.303 e. The van der Waals surface area contributed by atoms with Gasteiger partial charge in [0.15, 0.2) is 24.6 Å².